The molecule has 0 unspecified atom stereocenters. The molecule has 3 heteroatoms. The summed E-state index contributed by atoms with van der Waals surface area (Å²) in [6, 6.07) is 11.1. The van der Waals surface area contributed by atoms with E-state index in [1.165, 1.54) is 3.57 Å². The van der Waals surface area contributed by atoms with Crippen LogP contribution in [0.15, 0.2) is 30.5 Å². The Hall–Kier alpha value is 0.464. The number of rotatable bonds is 0. The second kappa shape index (κ2) is 7.72. The summed E-state index contributed by atoms with van der Waals surface area (Å²) >= 11 is 2.29. The van der Waals surface area contributed by atoms with Gasteiger partial charge in [0.05, 0.1) is 0 Å². The molecule has 0 saturated heterocycles. The van der Waals surface area contributed by atoms with Crippen LogP contribution in [0.4, 0.5) is 0 Å². The van der Waals surface area contributed by atoms with Crippen molar-refractivity contribution in [3.63, 3.8) is 0 Å². The number of benzene rings is 1. The Morgan fingerprint density at radius 3 is 2.71 bits per heavy atom. The summed E-state index contributed by atoms with van der Waals surface area (Å²) in [4.78, 5) is 4.16. The van der Waals surface area contributed by atoms with Gasteiger partial charge in [-0.2, -0.15) is 0 Å². The molecule has 0 fully saturated rings. The summed E-state index contributed by atoms with van der Waals surface area (Å²) in [5.41, 5.74) is 1.03. The Labute approximate surface area is 124 Å². The van der Waals surface area contributed by atoms with Crippen LogP contribution in [-0.4, -0.2) is 4.98 Å². The molecule has 0 atom stereocenters. The van der Waals surface area contributed by atoms with Gasteiger partial charge in [0.1, 0.15) is 0 Å². The van der Waals surface area contributed by atoms with E-state index in [1.807, 2.05) is 26.0 Å². The normalized spacial score (nSPS) is 8.50. The van der Waals surface area contributed by atoms with Gasteiger partial charge in [0.15, 0.2) is 0 Å². The van der Waals surface area contributed by atoms with Crippen molar-refractivity contribution in [1.29, 1.82) is 0 Å². The van der Waals surface area contributed by atoms with Crippen LogP contribution in [0.1, 0.15) is 13.8 Å². The van der Waals surface area contributed by atoms with Crippen LogP contribution in [0.3, 0.4) is 0 Å². The van der Waals surface area contributed by atoms with E-state index in [0.29, 0.717) is 0 Å². The van der Waals surface area contributed by atoms with E-state index in [4.69, 9.17) is 0 Å². The first-order valence-corrected chi connectivity index (χ1v) is 5.35. The molecule has 1 aromatic carbocycles. The van der Waals surface area contributed by atoms with Crippen molar-refractivity contribution in [3.05, 3.63) is 40.1 Å². The predicted molar refractivity (Wildman–Crippen MR) is 64.6 cm³/mol. The van der Waals surface area contributed by atoms with Crippen LogP contribution in [-0.2, 0) is 32.7 Å². The first-order valence-electron chi connectivity index (χ1n) is 4.27. The number of nitrogens with zero attached hydrogens (tertiary/aromatic N) is 1. The number of hydrogen-bond acceptors (Lipinski definition) is 1. The average Bonchev–Trinajstić information content (AvgIpc) is 2.21. The molecule has 0 aliphatic carbocycles. The van der Waals surface area contributed by atoms with E-state index in [0.717, 1.165) is 10.9 Å². The average molecular weight is 373 g/mol. The van der Waals surface area contributed by atoms with E-state index >= 15 is 0 Å². The van der Waals surface area contributed by atoms with E-state index in [2.05, 4.69) is 45.8 Å². The summed E-state index contributed by atoms with van der Waals surface area (Å²) in [5.74, 6) is 0. The molecule has 0 N–H and O–H groups in total. The topological polar surface area (TPSA) is 12.9 Å². The first kappa shape index (κ1) is 14.5. The van der Waals surface area contributed by atoms with Crippen molar-refractivity contribution in [2.24, 2.45) is 0 Å². The fourth-order valence-electron chi connectivity index (χ4n) is 0.992. The van der Waals surface area contributed by atoms with Crippen LogP contribution in [0, 0.1) is 9.64 Å². The number of hydrogen-bond donors (Lipinski definition) is 0. The minimum Gasteiger partial charge on any atom is -0.296 e. The quantitative estimate of drug-likeness (QED) is 0.508. The Morgan fingerprint density at radius 2 is 2.00 bits per heavy atom. The van der Waals surface area contributed by atoms with Gasteiger partial charge in [-0.15, -0.1) is 11.5 Å². The van der Waals surface area contributed by atoms with Crippen molar-refractivity contribution >= 4 is 33.5 Å². The van der Waals surface area contributed by atoms with Crippen LogP contribution in [0.5, 0.6) is 0 Å². The van der Waals surface area contributed by atoms with Gasteiger partial charge in [0, 0.05) is 32.7 Å². The molecule has 71 valence electrons. The van der Waals surface area contributed by atoms with Crippen molar-refractivity contribution < 1.29 is 32.7 Å². The molecular formula is C11H11INY-. The Balaban J connectivity index is 0.000000531. The van der Waals surface area contributed by atoms with Gasteiger partial charge in [-0.3, -0.25) is 4.98 Å². The number of halogens is 1. The SMILES string of the molecule is CC.Ic1ccc2nc[c-]cc2c1.[Y]. The smallest absolute Gasteiger partial charge is 0 e. The van der Waals surface area contributed by atoms with Crippen LogP contribution < -0.4 is 0 Å². The maximum Gasteiger partial charge on any atom is 0 e. The molecule has 1 radical (unpaired) electrons. The zero-order valence-electron chi connectivity index (χ0n) is 8.29. The molecule has 0 aliphatic rings. The molecule has 0 aliphatic heterocycles. The summed E-state index contributed by atoms with van der Waals surface area (Å²) < 4.78 is 1.23. The van der Waals surface area contributed by atoms with E-state index in [9.17, 15) is 0 Å². The molecule has 2 rings (SSSR count). The van der Waals surface area contributed by atoms with Gasteiger partial charge in [-0.1, -0.05) is 26.1 Å². The Kier molecular flexibility index (Phi) is 7.97. The summed E-state index contributed by atoms with van der Waals surface area (Å²) in [5, 5.41) is 1.15. The zero-order chi connectivity index (χ0) is 9.68. The largest absolute Gasteiger partial charge is 0.296 e. The fraction of sp³-hybridized carbons (Fsp3) is 0.182. The minimum absolute atomic E-state index is 0. The molecule has 1 nitrogen and oxygen atoms in total. The maximum absolute atomic E-state index is 4.16. The molecule has 0 amide bonds. The third kappa shape index (κ3) is 3.91. The number of fused-ring (bicyclic) bond motifs is 1. The van der Waals surface area contributed by atoms with Crippen LogP contribution >= 0.6 is 22.6 Å². The Morgan fingerprint density at radius 1 is 1.29 bits per heavy atom. The molecule has 0 saturated carbocycles. The van der Waals surface area contributed by atoms with Gasteiger partial charge >= 0.3 is 0 Å². The fourth-order valence-corrected chi connectivity index (χ4v) is 1.51. The summed E-state index contributed by atoms with van der Waals surface area (Å²) in [6.07, 6.45) is 1.69. The molecule has 2 aromatic rings. The van der Waals surface area contributed by atoms with Crippen molar-refractivity contribution in [1.82, 2.24) is 4.98 Å². The molecule has 1 aromatic heterocycles. The standard InChI is InChI=1S/C9H5IN.C2H6.Y/c10-8-3-4-9-7(6-8)2-1-5-11-9;1-2;/h2-6H;1-2H3;/q-1;;. The van der Waals surface area contributed by atoms with Gasteiger partial charge in [-0.25, -0.2) is 12.1 Å². The second-order valence-corrected chi connectivity index (χ2v) is 3.52. The minimum atomic E-state index is 0. The number of aromatic nitrogens is 1. The summed E-state index contributed by atoms with van der Waals surface area (Å²) in [6.45, 7) is 4.00. The van der Waals surface area contributed by atoms with Crippen molar-refractivity contribution in [2.75, 3.05) is 0 Å². The number of pyridine rings is 1. The van der Waals surface area contributed by atoms with Crippen molar-refractivity contribution in [3.8, 4) is 0 Å². The maximum atomic E-state index is 4.16. The van der Waals surface area contributed by atoms with E-state index < -0.39 is 0 Å². The van der Waals surface area contributed by atoms with Gasteiger partial charge in [-0.05, 0) is 37.7 Å². The second-order valence-electron chi connectivity index (χ2n) is 2.27. The monoisotopic (exact) mass is 373 g/mol. The predicted octanol–water partition coefficient (Wildman–Crippen LogP) is 3.66. The molecule has 1 heterocycles. The third-order valence-electron chi connectivity index (χ3n) is 1.51. The van der Waals surface area contributed by atoms with Gasteiger partial charge in [0.25, 0.3) is 0 Å². The van der Waals surface area contributed by atoms with Gasteiger partial charge in [0.2, 0.25) is 0 Å². The molecule has 0 bridgehead atoms. The summed E-state index contributed by atoms with van der Waals surface area (Å²) in [7, 11) is 0. The zero-order valence-corrected chi connectivity index (χ0v) is 13.3. The Bertz CT molecular complexity index is 390. The molecule has 14 heavy (non-hydrogen) atoms. The van der Waals surface area contributed by atoms with Crippen LogP contribution in [0.25, 0.3) is 10.9 Å². The first-order chi connectivity index (χ1) is 6.36. The van der Waals surface area contributed by atoms with E-state index in [-0.39, 0.29) is 32.7 Å². The molecular weight excluding hydrogens is 362 g/mol. The van der Waals surface area contributed by atoms with Gasteiger partial charge < -0.3 is 0 Å². The van der Waals surface area contributed by atoms with E-state index in [1.54, 1.807) is 6.20 Å². The van der Waals surface area contributed by atoms with Crippen molar-refractivity contribution in [2.45, 2.75) is 13.8 Å². The molecule has 0 spiro atoms. The van der Waals surface area contributed by atoms with Crippen LogP contribution in [0.2, 0.25) is 0 Å². The third-order valence-corrected chi connectivity index (χ3v) is 2.18.